The van der Waals surface area contributed by atoms with Crippen molar-refractivity contribution in [1.82, 2.24) is 19.4 Å². The highest BCUT2D eigenvalue weighted by molar-refractivity contribution is 6.09. The van der Waals surface area contributed by atoms with E-state index in [2.05, 4.69) is 35.0 Å². The molecule has 1 saturated heterocycles. The highest BCUT2D eigenvalue weighted by atomic mass is 16.5. The zero-order valence-corrected chi connectivity index (χ0v) is 21.3. The molecule has 2 aliphatic heterocycles. The van der Waals surface area contributed by atoms with Crippen LogP contribution in [-0.4, -0.2) is 56.7 Å². The quantitative estimate of drug-likeness (QED) is 0.572. The second-order valence-electron chi connectivity index (χ2n) is 11.0. The van der Waals surface area contributed by atoms with Gasteiger partial charge in [-0.1, -0.05) is 30.9 Å². The molecule has 7 nitrogen and oxygen atoms in total. The Morgan fingerprint density at radius 1 is 1.11 bits per heavy atom. The fourth-order valence-corrected chi connectivity index (χ4v) is 6.38. The molecular weight excluding hydrogens is 452 g/mol. The number of benzene rings is 1. The number of carbonyl (C=O) groups is 2. The average molecular weight is 489 g/mol. The Kier molecular flexibility index (Phi) is 5.91. The van der Waals surface area contributed by atoms with Crippen molar-refractivity contribution in [3.05, 3.63) is 54.0 Å². The third-order valence-corrected chi connectivity index (χ3v) is 8.40. The SMILES string of the molecule is Cc1ccc2c(c1)c(-n1cccc1)c1n2C[C@](C)(C(=O)NC2CCCCC2)N(C[C@@H]2CCCO2)C1=O. The van der Waals surface area contributed by atoms with Crippen molar-refractivity contribution >= 4 is 22.7 Å². The summed E-state index contributed by atoms with van der Waals surface area (Å²) in [4.78, 5) is 30.2. The van der Waals surface area contributed by atoms with Gasteiger partial charge in [-0.3, -0.25) is 9.59 Å². The Hall–Kier alpha value is -3.06. The predicted molar refractivity (Wildman–Crippen MR) is 139 cm³/mol. The molecular formula is C29H36N4O3. The van der Waals surface area contributed by atoms with Crippen LogP contribution in [0.1, 0.15) is 67.9 Å². The Balaban J connectivity index is 1.48. The summed E-state index contributed by atoms with van der Waals surface area (Å²) in [5.74, 6) is -0.154. The molecule has 0 unspecified atom stereocenters. The number of hydrogen-bond acceptors (Lipinski definition) is 3. The van der Waals surface area contributed by atoms with Crippen LogP contribution in [0.25, 0.3) is 16.6 Å². The van der Waals surface area contributed by atoms with Crippen LogP contribution in [0.15, 0.2) is 42.7 Å². The van der Waals surface area contributed by atoms with E-state index >= 15 is 0 Å². The van der Waals surface area contributed by atoms with Gasteiger partial charge in [0.05, 0.1) is 23.9 Å². The van der Waals surface area contributed by atoms with Gasteiger partial charge in [-0.2, -0.15) is 0 Å². The molecule has 2 aromatic heterocycles. The van der Waals surface area contributed by atoms with Gasteiger partial charge in [0.25, 0.3) is 5.91 Å². The largest absolute Gasteiger partial charge is 0.376 e. The lowest BCUT2D eigenvalue weighted by molar-refractivity contribution is -0.134. The Labute approximate surface area is 212 Å². The maximum Gasteiger partial charge on any atom is 0.273 e. The number of carbonyl (C=O) groups excluding carboxylic acids is 2. The van der Waals surface area contributed by atoms with E-state index in [1.165, 1.54) is 6.42 Å². The van der Waals surface area contributed by atoms with E-state index in [1.807, 2.05) is 40.9 Å². The fraction of sp³-hybridized carbons (Fsp3) is 0.517. The molecule has 1 saturated carbocycles. The van der Waals surface area contributed by atoms with Crippen LogP contribution in [-0.2, 0) is 16.1 Å². The van der Waals surface area contributed by atoms with E-state index in [0.29, 0.717) is 25.4 Å². The smallest absolute Gasteiger partial charge is 0.273 e. The summed E-state index contributed by atoms with van der Waals surface area (Å²) >= 11 is 0. The molecule has 7 heteroatoms. The summed E-state index contributed by atoms with van der Waals surface area (Å²) in [5.41, 5.74) is 2.66. The van der Waals surface area contributed by atoms with Crippen LogP contribution in [0, 0.1) is 6.92 Å². The summed E-state index contributed by atoms with van der Waals surface area (Å²) < 4.78 is 10.1. The monoisotopic (exact) mass is 488 g/mol. The van der Waals surface area contributed by atoms with E-state index in [4.69, 9.17) is 4.74 Å². The molecule has 1 aliphatic carbocycles. The van der Waals surface area contributed by atoms with Gasteiger partial charge in [-0.05, 0) is 63.8 Å². The van der Waals surface area contributed by atoms with E-state index < -0.39 is 5.54 Å². The molecule has 36 heavy (non-hydrogen) atoms. The van der Waals surface area contributed by atoms with Crippen LogP contribution in [0.3, 0.4) is 0 Å². The van der Waals surface area contributed by atoms with Gasteiger partial charge in [0.15, 0.2) is 0 Å². The first-order chi connectivity index (χ1) is 17.5. The molecule has 6 rings (SSSR count). The topological polar surface area (TPSA) is 68.5 Å². The lowest BCUT2D eigenvalue weighted by Crippen LogP contribution is -2.66. The van der Waals surface area contributed by atoms with Crippen molar-refractivity contribution in [2.24, 2.45) is 0 Å². The molecule has 3 aliphatic rings. The van der Waals surface area contributed by atoms with Crippen LogP contribution in [0.5, 0.6) is 0 Å². The number of nitrogens with one attached hydrogen (secondary N) is 1. The number of hydrogen-bond donors (Lipinski definition) is 1. The highest BCUT2D eigenvalue weighted by Crippen LogP contribution is 2.39. The Morgan fingerprint density at radius 3 is 2.61 bits per heavy atom. The van der Waals surface area contributed by atoms with Gasteiger partial charge in [-0.15, -0.1) is 0 Å². The lowest BCUT2D eigenvalue weighted by Gasteiger charge is -2.45. The average Bonchev–Trinajstić information content (AvgIpc) is 3.63. The minimum atomic E-state index is -1.00. The molecule has 0 spiro atoms. The van der Waals surface area contributed by atoms with Crippen LogP contribution in [0.4, 0.5) is 0 Å². The number of nitrogens with zero attached hydrogens (tertiary/aromatic N) is 3. The van der Waals surface area contributed by atoms with Crippen molar-refractivity contribution < 1.29 is 14.3 Å². The second-order valence-corrected chi connectivity index (χ2v) is 11.0. The second kappa shape index (κ2) is 9.11. The number of fused-ring (bicyclic) bond motifs is 3. The van der Waals surface area contributed by atoms with Gasteiger partial charge >= 0.3 is 0 Å². The number of rotatable bonds is 5. The van der Waals surface area contributed by atoms with Crippen LogP contribution < -0.4 is 5.32 Å². The van der Waals surface area contributed by atoms with Gasteiger partial charge in [0.2, 0.25) is 5.91 Å². The number of aromatic nitrogens is 2. The molecule has 190 valence electrons. The van der Waals surface area contributed by atoms with E-state index in [1.54, 1.807) is 0 Å². The van der Waals surface area contributed by atoms with Gasteiger partial charge in [0, 0.05) is 37.0 Å². The summed E-state index contributed by atoms with van der Waals surface area (Å²) in [6, 6.07) is 10.5. The summed E-state index contributed by atoms with van der Waals surface area (Å²) in [6.45, 7) is 5.57. The molecule has 1 aromatic carbocycles. The molecule has 2 amide bonds. The summed E-state index contributed by atoms with van der Waals surface area (Å²) in [7, 11) is 0. The normalized spacial score (nSPS) is 24.9. The number of amides is 2. The zero-order valence-electron chi connectivity index (χ0n) is 21.3. The van der Waals surface area contributed by atoms with E-state index in [0.717, 1.165) is 60.7 Å². The maximum absolute atomic E-state index is 14.4. The first kappa shape index (κ1) is 23.3. The van der Waals surface area contributed by atoms with Crippen molar-refractivity contribution in [3.63, 3.8) is 0 Å². The Morgan fingerprint density at radius 2 is 1.89 bits per heavy atom. The summed E-state index contributed by atoms with van der Waals surface area (Å²) in [5, 5.41) is 4.37. The number of ether oxygens (including phenoxy) is 1. The van der Waals surface area contributed by atoms with Crippen molar-refractivity contribution in [2.45, 2.75) is 83.0 Å². The fourth-order valence-electron chi connectivity index (χ4n) is 6.38. The van der Waals surface area contributed by atoms with E-state index in [9.17, 15) is 9.59 Å². The minimum absolute atomic E-state index is 0.0380. The third kappa shape index (κ3) is 3.84. The summed E-state index contributed by atoms with van der Waals surface area (Å²) in [6.07, 6.45) is 11.4. The molecule has 0 radical (unpaired) electrons. The van der Waals surface area contributed by atoms with Crippen molar-refractivity contribution in [2.75, 3.05) is 13.2 Å². The van der Waals surface area contributed by atoms with Crippen LogP contribution >= 0.6 is 0 Å². The maximum atomic E-state index is 14.4. The van der Waals surface area contributed by atoms with Gasteiger partial charge in [0.1, 0.15) is 11.2 Å². The van der Waals surface area contributed by atoms with Crippen molar-refractivity contribution in [1.29, 1.82) is 0 Å². The molecule has 2 fully saturated rings. The first-order valence-corrected chi connectivity index (χ1v) is 13.5. The van der Waals surface area contributed by atoms with Gasteiger partial charge in [-0.25, -0.2) is 0 Å². The lowest BCUT2D eigenvalue weighted by atomic mass is 9.91. The van der Waals surface area contributed by atoms with Crippen LogP contribution in [0.2, 0.25) is 0 Å². The molecule has 1 N–H and O–H groups in total. The van der Waals surface area contributed by atoms with Crippen molar-refractivity contribution in [3.8, 4) is 5.69 Å². The molecule has 4 heterocycles. The molecule has 3 aromatic rings. The first-order valence-electron chi connectivity index (χ1n) is 13.5. The number of aryl methyl sites for hydroxylation is 1. The molecule has 0 bridgehead atoms. The standard InChI is InChI=1S/C29H36N4O3/c1-20-12-13-24-23(17-20)25(31-14-6-7-15-31)26-27(34)33(18-22-11-8-16-36-22)29(2,19-32(24)26)28(35)30-21-9-4-3-5-10-21/h6-7,12-15,17,21-22H,3-5,8-11,16,18-19H2,1-2H3,(H,30,35)/t22-,29+/m0/s1. The molecule has 2 atom stereocenters. The van der Waals surface area contributed by atoms with Gasteiger partial charge < -0.3 is 24.1 Å². The van der Waals surface area contributed by atoms with E-state index in [-0.39, 0.29) is 24.0 Å². The Bertz CT molecular complexity index is 1280. The predicted octanol–water partition coefficient (Wildman–Crippen LogP) is 4.58. The zero-order chi connectivity index (χ0) is 24.9. The minimum Gasteiger partial charge on any atom is -0.376 e. The highest BCUT2D eigenvalue weighted by Gasteiger charge is 2.50. The third-order valence-electron chi connectivity index (χ3n) is 8.40.